The molecule has 3 atom stereocenters. The van der Waals surface area contributed by atoms with E-state index in [4.69, 9.17) is 0 Å². The van der Waals surface area contributed by atoms with Crippen LogP contribution in [0.2, 0.25) is 0 Å². The van der Waals surface area contributed by atoms with Crippen molar-refractivity contribution in [3.05, 3.63) is 21.9 Å². The highest BCUT2D eigenvalue weighted by Gasteiger charge is 2.30. The van der Waals surface area contributed by atoms with E-state index in [2.05, 4.69) is 41.9 Å². The lowest BCUT2D eigenvalue weighted by Gasteiger charge is -2.20. The third-order valence-corrected chi connectivity index (χ3v) is 5.90. The maximum Gasteiger partial charge on any atom is 0.0519 e. The van der Waals surface area contributed by atoms with Gasteiger partial charge in [0.2, 0.25) is 0 Å². The van der Waals surface area contributed by atoms with Crippen LogP contribution in [0.4, 0.5) is 0 Å². The fourth-order valence-electron chi connectivity index (χ4n) is 2.42. The zero-order valence-corrected chi connectivity index (χ0v) is 11.2. The Hall–Kier alpha value is 0.180. The van der Waals surface area contributed by atoms with Gasteiger partial charge in [0.1, 0.15) is 0 Å². The first-order chi connectivity index (χ1) is 6.68. The third-order valence-electron chi connectivity index (χ3n) is 3.34. The molecule has 0 spiro atoms. The molecule has 0 N–H and O–H groups in total. The van der Waals surface area contributed by atoms with E-state index in [0.29, 0.717) is 4.83 Å². The molecule has 1 aromatic heterocycles. The van der Waals surface area contributed by atoms with Gasteiger partial charge in [-0.2, -0.15) is 0 Å². The van der Waals surface area contributed by atoms with Crippen molar-refractivity contribution in [1.29, 1.82) is 0 Å². The van der Waals surface area contributed by atoms with Crippen molar-refractivity contribution in [2.45, 2.75) is 37.9 Å². The van der Waals surface area contributed by atoms with Crippen LogP contribution in [0, 0.1) is 18.8 Å². The summed E-state index contributed by atoms with van der Waals surface area (Å²) in [7, 11) is 0. The lowest BCUT2D eigenvalue weighted by atomic mass is 9.94. The molecule has 2 rings (SSSR count). The summed E-state index contributed by atoms with van der Waals surface area (Å²) in [4.78, 5) is 3.54. The van der Waals surface area contributed by atoms with E-state index in [0.717, 1.165) is 11.8 Å². The van der Waals surface area contributed by atoms with Crippen molar-refractivity contribution < 1.29 is 0 Å². The van der Waals surface area contributed by atoms with Crippen molar-refractivity contribution in [3.63, 3.8) is 0 Å². The van der Waals surface area contributed by atoms with Crippen LogP contribution in [0.1, 0.15) is 40.8 Å². The Bertz CT molecular complexity index is 305. The predicted molar refractivity (Wildman–Crippen MR) is 67.2 cm³/mol. The Kier molecular flexibility index (Phi) is 3.33. The number of rotatable bonds is 2. The topological polar surface area (TPSA) is 0 Å². The van der Waals surface area contributed by atoms with Gasteiger partial charge in [0.25, 0.3) is 0 Å². The standard InChI is InChI=1S/C12H17BrS/c1-8-4-3-5-10(8)12(13)11-7-6-9(2)14-11/h6-8,10,12H,3-5H2,1-2H3. The number of hydrogen-bond acceptors (Lipinski definition) is 1. The Balaban J connectivity index is 2.11. The first-order valence-corrected chi connectivity index (χ1v) is 7.12. The summed E-state index contributed by atoms with van der Waals surface area (Å²) in [6.07, 6.45) is 4.23. The number of thiophene rings is 1. The highest BCUT2D eigenvalue weighted by atomic mass is 79.9. The molecule has 0 aromatic carbocycles. The van der Waals surface area contributed by atoms with Gasteiger partial charge in [0, 0.05) is 9.75 Å². The molecule has 0 nitrogen and oxygen atoms in total. The normalized spacial score (nSPS) is 29.4. The zero-order chi connectivity index (χ0) is 10.1. The fourth-order valence-corrected chi connectivity index (χ4v) is 4.57. The summed E-state index contributed by atoms with van der Waals surface area (Å²) in [5.74, 6) is 1.75. The molecule has 1 aliphatic carbocycles. The Morgan fingerprint density at radius 1 is 1.43 bits per heavy atom. The van der Waals surface area contributed by atoms with E-state index in [1.54, 1.807) is 0 Å². The monoisotopic (exact) mass is 272 g/mol. The number of aryl methyl sites for hydroxylation is 1. The van der Waals surface area contributed by atoms with E-state index < -0.39 is 0 Å². The Labute approximate surface area is 98.9 Å². The quantitative estimate of drug-likeness (QED) is 0.670. The molecule has 1 aromatic rings. The number of hydrogen-bond donors (Lipinski definition) is 0. The molecule has 1 heterocycles. The van der Waals surface area contributed by atoms with Crippen molar-refractivity contribution in [3.8, 4) is 0 Å². The Morgan fingerprint density at radius 3 is 2.71 bits per heavy atom. The van der Waals surface area contributed by atoms with Crippen LogP contribution in [0.15, 0.2) is 12.1 Å². The zero-order valence-electron chi connectivity index (χ0n) is 8.79. The summed E-state index contributed by atoms with van der Waals surface area (Å²) >= 11 is 5.81. The number of alkyl halides is 1. The molecule has 0 amide bonds. The SMILES string of the molecule is Cc1ccc(C(Br)C2CCCC2C)s1. The van der Waals surface area contributed by atoms with Crippen LogP contribution in [-0.4, -0.2) is 0 Å². The van der Waals surface area contributed by atoms with Gasteiger partial charge < -0.3 is 0 Å². The van der Waals surface area contributed by atoms with Crippen LogP contribution in [0.5, 0.6) is 0 Å². The summed E-state index contributed by atoms with van der Waals surface area (Å²) in [5, 5.41) is 0. The molecular weight excluding hydrogens is 256 g/mol. The molecule has 0 aliphatic heterocycles. The van der Waals surface area contributed by atoms with Gasteiger partial charge in [0.15, 0.2) is 0 Å². The van der Waals surface area contributed by atoms with Gasteiger partial charge in [0.05, 0.1) is 4.83 Å². The summed E-state index contributed by atoms with van der Waals surface area (Å²) in [6, 6.07) is 4.51. The van der Waals surface area contributed by atoms with Crippen LogP contribution in [-0.2, 0) is 0 Å². The minimum Gasteiger partial charge on any atom is -0.145 e. The second-order valence-electron chi connectivity index (χ2n) is 4.42. The highest BCUT2D eigenvalue weighted by molar-refractivity contribution is 9.09. The molecule has 2 heteroatoms. The molecule has 1 saturated carbocycles. The van der Waals surface area contributed by atoms with Crippen LogP contribution in [0.3, 0.4) is 0 Å². The van der Waals surface area contributed by atoms with Crippen molar-refractivity contribution in [2.24, 2.45) is 11.8 Å². The second kappa shape index (κ2) is 4.36. The van der Waals surface area contributed by atoms with Crippen molar-refractivity contribution in [2.75, 3.05) is 0 Å². The molecule has 0 saturated heterocycles. The van der Waals surface area contributed by atoms with Crippen LogP contribution in [0.25, 0.3) is 0 Å². The van der Waals surface area contributed by atoms with Gasteiger partial charge in [-0.1, -0.05) is 35.7 Å². The highest BCUT2D eigenvalue weighted by Crippen LogP contribution is 2.46. The summed E-state index contributed by atoms with van der Waals surface area (Å²) < 4.78 is 0. The maximum absolute atomic E-state index is 3.88. The summed E-state index contributed by atoms with van der Waals surface area (Å²) in [5.41, 5.74) is 0. The molecule has 1 fully saturated rings. The lowest BCUT2D eigenvalue weighted by Crippen LogP contribution is -2.09. The molecule has 78 valence electrons. The lowest BCUT2D eigenvalue weighted by molar-refractivity contribution is 0.417. The van der Waals surface area contributed by atoms with Gasteiger partial charge in [-0.15, -0.1) is 11.3 Å². The Morgan fingerprint density at radius 2 is 2.21 bits per heavy atom. The van der Waals surface area contributed by atoms with Gasteiger partial charge in [-0.05, 0) is 37.3 Å². The smallest absolute Gasteiger partial charge is 0.0519 e. The molecule has 3 unspecified atom stereocenters. The molecule has 0 bridgehead atoms. The molecule has 0 radical (unpaired) electrons. The predicted octanol–water partition coefficient (Wildman–Crippen LogP) is 4.93. The largest absolute Gasteiger partial charge is 0.145 e. The van der Waals surface area contributed by atoms with Crippen molar-refractivity contribution >= 4 is 27.3 Å². The van der Waals surface area contributed by atoms with Crippen LogP contribution < -0.4 is 0 Å². The molecule has 14 heavy (non-hydrogen) atoms. The van der Waals surface area contributed by atoms with Crippen molar-refractivity contribution in [1.82, 2.24) is 0 Å². The van der Waals surface area contributed by atoms with E-state index in [1.165, 1.54) is 29.0 Å². The maximum atomic E-state index is 3.88. The second-order valence-corrected chi connectivity index (χ2v) is 6.73. The van der Waals surface area contributed by atoms with E-state index in [9.17, 15) is 0 Å². The first kappa shape index (κ1) is 10.7. The van der Waals surface area contributed by atoms with E-state index >= 15 is 0 Å². The fraction of sp³-hybridized carbons (Fsp3) is 0.667. The van der Waals surface area contributed by atoms with Crippen LogP contribution >= 0.6 is 27.3 Å². The minimum atomic E-state index is 0.596. The third kappa shape index (κ3) is 2.06. The van der Waals surface area contributed by atoms with Gasteiger partial charge in [-0.3, -0.25) is 0 Å². The van der Waals surface area contributed by atoms with E-state index in [-0.39, 0.29) is 0 Å². The van der Waals surface area contributed by atoms with Gasteiger partial charge in [-0.25, -0.2) is 0 Å². The average molecular weight is 273 g/mol. The first-order valence-electron chi connectivity index (χ1n) is 5.39. The average Bonchev–Trinajstić information content (AvgIpc) is 2.73. The number of halogens is 1. The van der Waals surface area contributed by atoms with E-state index in [1.807, 2.05) is 11.3 Å². The summed E-state index contributed by atoms with van der Waals surface area (Å²) in [6.45, 7) is 4.58. The molecule has 1 aliphatic rings. The minimum absolute atomic E-state index is 0.596. The van der Waals surface area contributed by atoms with Gasteiger partial charge >= 0.3 is 0 Å². The molecular formula is C12H17BrS.